The fraction of sp³-hybridized carbons (Fsp3) is 0.667. The number of methoxy groups -OCH3 is 1. The Hall–Kier alpha value is -1.79. The average molecular weight is 374 g/mol. The molecule has 2 atom stereocenters. The zero-order chi connectivity index (χ0) is 19.2. The molecule has 1 saturated heterocycles. The van der Waals surface area contributed by atoms with Gasteiger partial charge in [0, 0.05) is 57.3 Å². The van der Waals surface area contributed by atoms with Crippen LogP contribution in [0.5, 0.6) is 0 Å². The monoisotopic (exact) mass is 373 g/mol. The zero-order valence-electron chi connectivity index (χ0n) is 17.0. The first-order chi connectivity index (χ1) is 13.1. The molecule has 2 heterocycles. The number of nitrogens with two attached hydrogens (primary N) is 1. The summed E-state index contributed by atoms with van der Waals surface area (Å²) in [5.74, 6) is 0.947. The molecular formula is C21H35N5O. The Morgan fingerprint density at radius 1 is 1.30 bits per heavy atom. The molecule has 1 aromatic rings. The maximum atomic E-state index is 6.29. The molecule has 0 spiro atoms. The van der Waals surface area contributed by atoms with E-state index in [1.165, 1.54) is 32.1 Å². The van der Waals surface area contributed by atoms with Crippen molar-refractivity contribution >= 4 is 11.5 Å². The van der Waals surface area contributed by atoms with Gasteiger partial charge in [-0.2, -0.15) is 0 Å². The van der Waals surface area contributed by atoms with Crippen molar-refractivity contribution in [2.45, 2.75) is 63.6 Å². The second-order valence-corrected chi connectivity index (χ2v) is 7.89. The maximum absolute atomic E-state index is 6.29. The van der Waals surface area contributed by atoms with Crippen molar-refractivity contribution in [3.8, 4) is 0 Å². The highest BCUT2D eigenvalue weighted by atomic mass is 16.5. The number of aryl methyl sites for hydroxylation is 1. The number of ether oxygens (including phenoxy) is 1. The van der Waals surface area contributed by atoms with Gasteiger partial charge in [-0.05, 0) is 37.8 Å². The Morgan fingerprint density at radius 3 is 2.78 bits per heavy atom. The summed E-state index contributed by atoms with van der Waals surface area (Å²) in [4.78, 5) is 7.03. The van der Waals surface area contributed by atoms with Crippen molar-refractivity contribution in [2.24, 2.45) is 5.73 Å². The highest BCUT2D eigenvalue weighted by Gasteiger charge is 2.32. The lowest BCUT2D eigenvalue weighted by molar-refractivity contribution is 0.0533. The summed E-state index contributed by atoms with van der Waals surface area (Å²) in [6.45, 7) is 3.84. The summed E-state index contributed by atoms with van der Waals surface area (Å²) < 4.78 is 5.88. The molecule has 0 bridgehead atoms. The van der Waals surface area contributed by atoms with Crippen LogP contribution in [0.25, 0.3) is 5.70 Å². The second kappa shape index (κ2) is 9.42. The van der Waals surface area contributed by atoms with Crippen LogP contribution in [0.15, 0.2) is 18.5 Å². The van der Waals surface area contributed by atoms with Crippen molar-refractivity contribution in [3.63, 3.8) is 0 Å². The predicted molar refractivity (Wildman–Crippen MR) is 112 cm³/mol. The van der Waals surface area contributed by atoms with Crippen molar-refractivity contribution in [2.75, 3.05) is 32.1 Å². The molecule has 1 saturated carbocycles. The predicted octanol–water partition coefficient (Wildman–Crippen LogP) is 2.38. The van der Waals surface area contributed by atoms with Gasteiger partial charge in [0.1, 0.15) is 5.82 Å². The van der Waals surface area contributed by atoms with E-state index in [0.717, 1.165) is 36.5 Å². The SMILES string of the molecule is CN/C=C(\N)c1cc(C)cnc1N1CCC(NC2CCCCC2)C(OC)C1. The normalized spacial score (nSPS) is 24.9. The number of nitrogens with zero attached hydrogens (tertiary/aromatic N) is 2. The number of hydrogen-bond donors (Lipinski definition) is 3. The minimum atomic E-state index is 0.158. The maximum Gasteiger partial charge on any atom is 0.138 e. The van der Waals surface area contributed by atoms with Gasteiger partial charge in [0.15, 0.2) is 0 Å². The van der Waals surface area contributed by atoms with Crippen molar-refractivity contribution in [1.82, 2.24) is 15.6 Å². The Balaban J connectivity index is 1.73. The van der Waals surface area contributed by atoms with Crippen LogP contribution in [0.2, 0.25) is 0 Å². The number of hydrogen-bond acceptors (Lipinski definition) is 6. The van der Waals surface area contributed by atoms with E-state index in [-0.39, 0.29) is 6.10 Å². The third-order valence-electron chi connectivity index (χ3n) is 5.83. The molecule has 3 rings (SSSR count). The average Bonchev–Trinajstić information content (AvgIpc) is 2.69. The van der Waals surface area contributed by atoms with E-state index in [9.17, 15) is 0 Å². The van der Waals surface area contributed by atoms with Gasteiger partial charge in [-0.1, -0.05) is 19.3 Å². The third-order valence-corrected chi connectivity index (χ3v) is 5.83. The Bertz CT molecular complexity index is 641. The Morgan fingerprint density at radius 2 is 2.07 bits per heavy atom. The molecule has 150 valence electrons. The van der Waals surface area contributed by atoms with E-state index in [1.807, 2.05) is 33.5 Å². The summed E-state index contributed by atoms with van der Waals surface area (Å²) in [7, 11) is 3.68. The molecule has 1 aliphatic heterocycles. The summed E-state index contributed by atoms with van der Waals surface area (Å²) in [6.07, 6.45) is 11.6. The molecule has 0 aromatic carbocycles. The van der Waals surface area contributed by atoms with Crippen molar-refractivity contribution in [3.05, 3.63) is 29.6 Å². The molecular weight excluding hydrogens is 338 g/mol. The number of pyridine rings is 1. The highest BCUT2D eigenvalue weighted by Crippen LogP contribution is 2.28. The van der Waals surface area contributed by atoms with Gasteiger partial charge in [0.25, 0.3) is 0 Å². The minimum Gasteiger partial charge on any atom is -0.397 e. The molecule has 1 aliphatic carbocycles. The lowest BCUT2D eigenvalue weighted by Gasteiger charge is -2.41. The summed E-state index contributed by atoms with van der Waals surface area (Å²) >= 11 is 0. The van der Waals surface area contributed by atoms with Crippen LogP contribution in [-0.4, -0.2) is 50.4 Å². The van der Waals surface area contributed by atoms with Crippen LogP contribution in [0.1, 0.15) is 49.7 Å². The first kappa shape index (κ1) is 20.0. The zero-order valence-corrected chi connectivity index (χ0v) is 17.0. The van der Waals surface area contributed by atoms with E-state index in [0.29, 0.717) is 17.8 Å². The van der Waals surface area contributed by atoms with Crippen LogP contribution in [-0.2, 0) is 4.74 Å². The van der Waals surface area contributed by atoms with E-state index in [4.69, 9.17) is 15.5 Å². The van der Waals surface area contributed by atoms with Crippen LogP contribution >= 0.6 is 0 Å². The molecule has 2 unspecified atom stereocenters. The van der Waals surface area contributed by atoms with Gasteiger partial charge < -0.3 is 26.0 Å². The van der Waals surface area contributed by atoms with Gasteiger partial charge in [-0.15, -0.1) is 0 Å². The molecule has 6 nitrogen and oxygen atoms in total. The van der Waals surface area contributed by atoms with E-state index >= 15 is 0 Å². The Kier molecular flexibility index (Phi) is 6.96. The number of piperidine rings is 1. The summed E-state index contributed by atoms with van der Waals surface area (Å²) in [6, 6.07) is 3.17. The van der Waals surface area contributed by atoms with Gasteiger partial charge in [-0.25, -0.2) is 4.98 Å². The molecule has 27 heavy (non-hydrogen) atoms. The molecule has 2 fully saturated rings. The summed E-state index contributed by atoms with van der Waals surface area (Å²) in [5.41, 5.74) is 9.09. The van der Waals surface area contributed by atoms with Gasteiger partial charge in [-0.3, -0.25) is 0 Å². The van der Waals surface area contributed by atoms with Crippen LogP contribution < -0.4 is 21.3 Å². The third kappa shape index (κ3) is 4.93. The lowest BCUT2D eigenvalue weighted by Crippen LogP contribution is -2.56. The molecule has 4 N–H and O–H groups in total. The second-order valence-electron chi connectivity index (χ2n) is 7.89. The highest BCUT2D eigenvalue weighted by molar-refractivity contribution is 5.73. The first-order valence-electron chi connectivity index (χ1n) is 10.3. The smallest absolute Gasteiger partial charge is 0.138 e. The van der Waals surface area contributed by atoms with E-state index in [2.05, 4.69) is 21.6 Å². The molecule has 0 amide bonds. The number of nitrogens with one attached hydrogen (secondary N) is 2. The van der Waals surface area contributed by atoms with Gasteiger partial charge in [0.2, 0.25) is 0 Å². The lowest BCUT2D eigenvalue weighted by atomic mass is 9.92. The fourth-order valence-corrected chi connectivity index (χ4v) is 4.37. The first-order valence-corrected chi connectivity index (χ1v) is 10.3. The Labute approximate surface area is 163 Å². The van der Waals surface area contributed by atoms with Crippen LogP contribution in [0, 0.1) is 6.92 Å². The quantitative estimate of drug-likeness (QED) is 0.711. The van der Waals surface area contributed by atoms with Crippen molar-refractivity contribution in [1.29, 1.82) is 0 Å². The standard InChI is InChI=1S/C21H35N5O/c1-15-11-17(18(22)13-23-2)21(24-12-15)26-10-9-19(20(14-26)27-3)25-16-7-5-4-6-8-16/h11-13,16,19-20,23,25H,4-10,14,22H2,1-3H3/b18-13-. The van der Waals surface area contributed by atoms with Gasteiger partial charge >= 0.3 is 0 Å². The minimum absolute atomic E-state index is 0.158. The number of rotatable bonds is 6. The molecule has 2 aliphatic rings. The number of anilines is 1. The summed E-state index contributed by atoms with van der Waals surface area (Å²) in [5, 5.41) is 6.90. The topological polar surface area (TPSA) is 75.4 Å². The van der Waals surface area contributed by atoms with Crippen LogP contribution in [0.4, 0.5) is 5.82 Å². The van der Waals surface area contributed by atoms with Crippen molar-refractivity contribution < 1.29 is 4.74 Å². The molecule has 0 radical (unpaired) electrons. The largest absolute Gasteiger partial charge is 0.397 e. The van der Waals surface area contributed by atoms with E-state index in [1.54, 1.807) is 0 Å². The molecule has 6 heteroatoms. The fourth-order valence-electron chi connectivity index (χ4n) is 4.37. The molecule has 1 aromatic heterocycles. The van der Waals surface area contributed by atoms with Crippen LogP contribution in [0.3, 0.4) is 0 Å². The van der Waals surface area contributed by atoms with Gasteiger partial charge in [0.05, 0.1) is 11.8 Å². The van der Waals surface area contributed by atoms with E-state index < -0.39 is 0 Å². The number of aromatic nitrogens is 1.